The predicted molar refractivity (Wildman–Crippen MR) is 105 cm³/mol. The maximum absolute atomic E-state index is 4.45. The van der Waals surface area contributed by atoms with E-state index in [-0.39, 0.29) is 24.0 Å². The molecule has 2 N–H and O–H groups in total. The van der Waals surface area contributed by atoms with Crippen molar-refractivity contribution in [2.75, 3.05) is 13.3 Å². The van der Waals surface area contributed by atoms with Gasteiger partial charge in [-0.2, -0.15) is 11.8 Å². The summed E-state index contributed by atoms with van der Waals surface area (Å²) < 4.78 is 0. The molecule has 2 unspecified atom stereocenters. The zero-order valence-corrected chi connectivity index (χ0v) is 17.1. The SMILES string of the molecule is CN=C(NCc1sc(C)nc1C)NC1CCC(SC)C1.I. The monoisotopic (exact) mass is 440 g/mol. The average Bonchev–Trinajstić information content (AvgIpc) is 3.01. The van der Waals surface area contributed by atoms with Crippen LogP contribution in [0.15, 0.2) is 4.99 Å². The molecular weight excluding hydrogens is 415 g/mol. The summed E-state index contributed by atoms with van der Waals surface area (Å²) in [6.07, 6.45) is 5.99. The first-order valence-corrected chi connectivity index (χ1v) is 9.15. The third-order valence-electron chi connectivity index (χ3n) is 3.70. The molecule has 21 heavy (non-hydrogen) atoms. The standard InChI is InChI=1S/C14H24N4S2.HI/c1-9-13(20-10(2)17-9)8-16-14(15-3)18-11-5-6-12(7-11)19-4;/h11-12H,5-8H2,1-4H3,(H2,15,16,18);1H. The van der Waals surface area contributed by atoms with Gasteiger partial charge in [0.2, 0.25) is 0 Å². The molecule has 1 saturated carbocycles. The Bertz CT molecular complexity index is 476. The van der Waals surface area contributed by atoms with E-state index in [0.29, 0.717) is 6.04 Å². The largest absolute Gasteiger partial charge is 0.354 e. The van der Waals surface area contributed by atoms with E-state index in [2.05, 4.69) is 40.7 Å². The summed E-state index contributed by atoms with van der Waals surface area (Å²) in [6.45, 7) is 4.92. The molecule has 1 fully saturated rings. The van der Waals surface area contributed by atoms with Gasteiger partial charge in [0.05, 0.1) is 17.2 Å². The second-order valence-electron chi connectivity index (χ2n) is 5.18. The second-order valence-corrected chi connectivity index (χ2v) is 7.61. The van der Waals surface area contributed by atoms with Crippen molar-refractivity contribution in [1.82, 2.24) is 15.6 Å². The van der Waals surface area contributed by atoms with Crippen molar-refractivity contribution < 1.29 is 0 Å². The summed E-state index contributed by atoms with van der Waals surface area (Å²) in [4.78, 5) is 10.1. The van der Waals surface area contributed by atoms with Crippen molar-refractivity contribution in [3.8, 4) is 0 Å². The van der Waals surface area contributed by atoms with Crippen LogP contribution in [0.1, 0.15) is 34.8 Å². The molecule has 0 aromatic carbocycles. The van der Waals surface area contributed by atoms with Crippen LogP contribution in [0.5, 0.6) is 0 Å². The quantitative estimate of drug-likeness (QED) is 0.429. The fraction of sp³-hybridized carbons (Fsp3) is 0.714. The summed E-state index contributed by atoms with van der Waals surface area (Å²) in [5.74, 6) is 0.905. The first-order valence-electron chi connectivity index (χ1n) is 7.05. The van der Waals surface area contributed by atoms with Gasteiger partial charge < -0.3 is 10.6 Å². The molecule has 2 rings (SSSR count). The number of rotatable bonds is 4. The molecule has 1 aliphatic rings. The van der Waals surface area contributed by atoms with E-state index >= 15 is 0 Å². The lowest BCUT2D eigenvalue weighted by Crippen LogP contribution is -2.42. The molecule has 0 aliphatic heterocycles. The van der Waals surface area contributed by atoms with E-state index in [0.717, 1.165) is 28.5 Å². The molecule has 1 aromatic rings. The minimum Gasteiger partial charge on any atom is -0.354 e. The number of aliphatic imine (C=N–C) groups is 1. The summed E-state index contributed by atoms with van der Waals surface area (Å²) in [6, 6.07) is 0.558. The van der Waals surface area contributed by atoms with Gasteiger partial charge in [-0.3, -0.25) is 4.99 Å². The number of thioether (sulfide) groups is 1. The van der Waals surface area contributed by atoms with Gasteiger partial charge in [0.15, 0.2) is 5.96 Å². The molecule has 4 nitrogen and oxygen atoms in total. The van der Waals surface area contributed by atoms with Crippen LogP contribution in [0.4, 0.5) is 0 Å². The van der Waals surface area contributed by atoms with Crippen LogP contribution in [0.25, 0.3) is 0 Å². The van der Waals surface area contributed by atoms with Crippen molar-refractivity contribution in [3.05, 3.63) is 15.6 Å². The van der Waals surface area contributed by atoms with Gasteiger partial charge in [-0.05, 0) is 39.4 Å². The number of aromatic nitrogens is 1. The smallest absolute Gasteiger partial charge is 0.191 e. The molecule has 0 amide bonds. The van der Waals surface area contributed by atoms with Crippen LogP contribution in [0.2, 0.25) is 0 Å². The van der Waals surface area contributed by atoms with Crippen molar-refractivity contribution >= 4 is 53.0 Å². The fourth-order valence-electron chi connectivity index (χ4n) is 2.57. The number of halogens is 1. The third kappa shape index (κ3) is 5.59. The zero-order chi connectivity index (χ0) is 14.5. The van der Waals surface area contributed by atoms with E-state index in [1.54, 1.807) is 11.3 Å². The number of hydrogen-bond donors (Lipinski definition) is 2. The molecule has 2 atom stereocenters. The highest BCUT2D eigenvalue weighted by atomic mass is 127. The molecular formula is C14H25IN4S2. The number of nitrogens with zero attached hydrogens (tertiary/aromatic N) is 2. The van der Waals surface area contributed by atoms with Crippen LogP contribution in [0.3, 0.4) is 0 Å². The fourth-order valence-corrected chi connectivity index (χ4v) is 4.25. The maximum Gasteiger partial charge on any atom is 0.191 e. The molecule has 0 bridgehead atoms. The minimum atomic E-state index is 0. The highest BCUT2D eigenvalue weighted by molar-refractivity contribution is 14.0. The van der Waals surface area contributed by atoms with E-state index in [1.165, 1.54) is 24.1 Å². The molecule has 0 radical (unpaired) electrons. The van der Waals surface area contributed by atoms with Crippen molar-refractivity contribution in [3.63, 3.8) is 0 Å². The molecule has 1 aromatic heterocycles. The van der Waals surface area contributed by atoms with Crippen LogP contribution >= 0.6 is 47.1 Å². The van der Waals surface area contributed by atoms with Gasteiger partial charge in [-0.25, -0.2) is 4.98 Å². The zero-order valence-electron chi connectivity index (χ0n) is 13.1. The van der Waals surface area contributed by atoms with E-state index < -0.39 is 0 Å². The normalized spacial score (nSPS) is 22.0. The first-order chi connectivity index (χ1) is 9.62. The number of aryl methyl sites for hydroxylation is 2. The Labute approximate surface area is 153 Å². The Balaban J connectivity index is 0.00000220. The average molecular weight is 440 g/mol. The second kappa shape index (κ2) is 9.19. The van der Waals surface area contributed by atoms with E-state index in [4.69, 9.17) is 0 Å². The Morgan fingerprint density at radius 3 is 2.71 bits per heavy atom. The van der Waals surface area contributed by atoms with Crippen LogP contribution < -0.4 is 10.6 Å². The number of nitrogens with one attached hydrogen (secondary N) is 2. The van der Waals surface area contributed by atoms with Gasteiger partial charge in [0.1, 0.15) is 0 Å². The van der Waals surface area contributed by atoms with E-state index in [1.807, 2.05) is 18.8 Å². The summed E-state index contributed by atoms with van der Waals surface area (Å²) >= 11 is 3.73. The van der Waals surface area contributed by atoms with Gasteiger partial charge in [0.25, 0.3) is 0 Å². The Morgan fingerprint density at radius 2 is 2.19 bits per heavy atom. The highest BCUT2D eigenvalue weighted by Gasteiger charge is 2.24. The Morgan fingerprint density at radius 1 is 1.43 bits per heavy atom. The maximum atomic E-state index is 4.45. The van der Waals surface area contributed by atoms with Gasteiger partial charge >= 0.3 is 0 Å². The van der Waals surface area contributed by atoms with Gasteiger partial charge in [-0.1, -0.05) is 0 Å². The topological polar surface area (TPSA) is 49.3 Å². The van der Waals surface area contributed by atoms with E-state index in [9.17, 15) is 0 Å². The highest BCUT2D eigenvalue weighted by Crippen LogP contribution is 2.28. The molecule has 0 spiro atoms. The number of hydrogen-bond acceptors (Lipinski definition) is 4. The molecule has 1 aliphatic carbocycles. The lowest BCUT2D eigenvalue weighted by Gasteiger charge is -2.17. The van der Waals surface area contributed by atoms with Crippen LogP contribution in [-0.2, 0) is 6.54 Å². The van der Waals surface area contributed by atoms with Crippen molar-refractivity contribution in [1.29, 1.82) is 0 Å². The molecule has 120 valence electrons. The third-order valence-corrected chi connectivity index (χ3v) is 5.87. The first kappa shape index (κ1) is 19.0. The van der Waals surface area contributed by atoms with Crippen LogP contribution in [0, 0.1) is 13.8 Å². The predicted octanol–water partition coefficient (Wildman–Crippen LogP) is 3.33. The number of guanidine groups is 1. The van der Waals surface area contributed by atoms with Gasteiger partial charge in [0, 0.05) is 23.2 Å². The molecule has 1 heterocycles. The molecule has 0 saturated heterocycles. The minimum absolute atomic E-state index is 0. The molecule has 7 heteroatoms. The lowest BCUT2D eigenvalue weighted by molar-refractivity contribution is 0.615. The van der Waals surface area contributed by atoms with Crippen molar-refractivity contribution in [2.24, 2.45) is 4.99 Å². The summed E-state index contributed by atoms with van der Waals surface area (Å²) in [5.41, 5.74) is 1.12. The van der Waals surface area contributed by atoms with Gasteiger partial charge in [-0.15, -0.1) is 35.3 Å². The van der Waals surface area contributed by atoms with Crippen molar-refractivity contribution in [2.45, 2.75) is 50.9 Å². The lowest BCUT2D eigenvalue weighted by atomic mass is 10.2. The summed E-state index contributed by atoms with van der Waals surface area (Å²) in [7, 11) is 1.83. The number of thiazole rings is 1. The van der Waals surface area contributed by atoms with Crippen LogP contribution in [-0.4, -0.2) is 35.5 Å². The summed E-state index contributed by atoms with van der Waals surface area (Å²) in [5, 5.41) is 8.87. The Hall–Kier alpha value is -0.0200. The Kier molecular flexibility index (Phi) is 8.33.